The van der Waals surface area contributed by atoms with Gasteiger partial charge in [-0.15, -0.1) is 5.10 Å². The Labute approximate surface area is 97.4 Å². The molecule has 0 fully saturated rings. The summed E-state index contributed by atoms with van der Waals surface area (Å²) in [6.07, 6.45) is 4.24. The maximum Gasteiger partial charge on any atom is 0.148 e. The van der Waals surface area contributed by atoms with Crippen LogP contribution in [-0.2, 0) is 4.74 Å². The van der Waals surface area contributed by atoms with Gasteiger partial charge >= 0.3 is 0 Å². The zero-order chi connectivity index (χ0) is 11.8. The highest BCUT2D eigenvalue weighted by Crippen LogP contribution is 2.03. The molecule has 0 radical (unpaired) electrons. The van der Waals surface area contributed by atoms with E-state index in [-0.39, 0.29) is 0 Å². The maximum absolute atomic E-state index is 5.46. The van der Waals surface area contributed by atoms with Crippen LogP contribution in [0.2, 0.25) is 0 Å². The molecule has 0 aromatic carbocycles. The molecule has 4 heteroatoms. The van der Waals surface area contributed by atoms with Crippen molar-refractivity contribution in [3.05, 3.63) is 17.8 Å². The number of anilines is 1. The third-order valence-corrected chi connectivity index (χ3v) is 2.12. The van der Waals surface area contributed by atoms with Crippen molar-refractivity contribution in [3.8, 4) is 0 Å². The van der Waals surface area contributed by atoms with E-state index < -0.39 is 0 Å². The Balaban J connectivity index is 2.07. The number of hydrogen-bond acceptors (Lipinski definition) is 4. The van der Waals surface area contributed by atoms with Gasteiger partial charge in [0, 0.05) is 13.2 Å². The molecular weight excluding hydrogens is 202 g/mol. The second kappa shape index (κ2) is 7.17. The zero-order valence-electron chi connectivity index (χ0n) is 10.4. The minimum atomic E-state index is 0.329. The Kier molecular flexibility index (Phi) is 5.78. The largest absolute Gasteiger partial charge is 0.379 e. The topological polar surface area (TPSA) is 47.0 Å². The van der Waals surface area contributed by atoms with E-state index in [2.05, 4.69) is 29.4 Å². The number of hydrogen-bond donors (Lipinski definition) is 1. The van der Waals surface area contributed by atoms with Gasteiger partial charge in [-0.1, -0.05) is 0 Å². The van der Waals surface area contributed by atoms with E-state index in [1.54, 1.807) is 6.20 Å². The fraction of sp³-hybridized carbons (Fsp3) is 0.667. The summed E-state index contributed by atoms with van der Waals surface area (Å²) in [6, 6.07) is 2.00. The number of unbranched alkanes of at least 4 members (excludes halogenated alkanes) is 1. The van der Waals surface area contributed by atoms with Crippen molar-refractivity contribution in [3.63, 3.8) is 0 Å². The molecule has 1 N–H and O–H groups in total. The van der Waals surface area contributed by atoms with Gasteiger partial charge in [0.1, 0.15) is 5.82 Å². The second-order valence-corrected chi connectivity index (χ2v) is 4.17. The van der Waals surface area contributed by atoms with Gasteiger partial charge in [-0.3, -0.25) is 0 Å². The van der Waals surface area contributed by atoms with Crippen molar-refractivity contribution in [2.45, 2.75) is 39.7 Å². The molecule has 0 spiro atoms. The quantitative estimate of drug-likeness (QED) is 0.721. The fourth-order valence-corrected chi connectivity index (χ4v) is 1.31. The van der Waals surface area contributed by atoms with Crippen LogP contribution in [0, 0.1) is 6.92 Å². The first-order valence-electron chi connectivity index (χ1n) is 5.83. The van der Waals surface area contributed by atoms with Gasteiger partial charge in [-0.2, -0.15) is 5.10 Å². The highest BCUT2D eigenvalue weighted by molar-refractivity contribution is 5.34. The maximum atomic E-state index is 5.46. The van der Waals surface area contributed by atoms with Crippen molar-refractivity contribution in [1.82, 2.24) is 10.2 Å². The number of ether oxygens (including phenoxy) is 1. The molecular formula is C12H21N3O. The molecule has 0 aliphatic rings. The van der Waals surface area contributed by atoms with Crippen molar-refractivity contribution < 1.29 is 4.74 Å². The molecule has 0 bridgehead atoms. The zero-order valence-corrected chi connectivity index (χ0v) is 10.4. The third-order valence-electron chi connectivity index (χ3n) is 2.12. The van der Waals surface area contributed by atoms with Crippen molar-refractivity contribution >= 4 is 5.82 Å². The molecule has 0 aliphatic heterocycles. The van der Waals surface area contributed by atoms with E-state index in [0.29, 0.717) is 6.10 Å². The van der Waals surface area contributed by atoms with Gasteiger partial charge in [0.25, 0.3) is 0 Å². The summed E-state index contributed by atoms with van der Waals surface area (Å²) in [5, 5.41) is 11.1. The minimum absolute atomic E-state index is 0.329. The summed E-state index contributed by atoms with van der Waals surface area (Å²) >= 11 is 0. The van der Waals surface area contributed by atoms with Gasteiger partial charge in [0.15, 0.2) is 0 Å². The lowest BCUT2D eigenvalue weighted by Gasteiger charge is -2.08. The van der Waals surface area contributed by atoms with Crippen LogP contribution in [0.15, 0.2) is 12.3 Å². The van der Waals surface area contributed by atoms with E-state index in [1.807, 2.05) is 13.0 Å². The average Bonchev–Trinajstić information content (AvgIpc) is 2.23. The van der Waals surface area contributed by atoms with Crippen molar-refractivity contribution in [2.75, 3.05) is 18.5 Å². The van der Waals surface area contributed by atoms with E-state index in [1.165, 1.54) is 0 Å². The standard InChI is InChI=1S/C12H21N3O/c1-10(2)16-7-5-4-6-13-12-8-11(3)9-14-15-12/h8-10H,4-7H2,1-3H3,(H,13,15). The van der Waals surface area contributed by atoms with Crippen LogP contribution in [0.4, 0.5) is 5.82 Å². The highest BCUT2D eigenvalue weighted by atomic mass is 16.5. The van der Waals surface area contributed by atoms with E-state index >= 15 is 0 Å². The molecule has 0 saturated carbocycles. The molecule has 0 amide bonds. The monoisotopic (exact) mass is 223 g/mol. The summed E-state index contributed by atoms with van der Waals surface area (Å²) in [5.41, 5.74) is 1.13. The third kappa shape index (κ3) is 5.66. The highest BCUT2D eigenvalue weighted by Gasteiger charge is 1.96. The molecule has 0 aliphatic carbocycles. The number of nitrogens with zero attached hydrogens (tertiary/aromatic N) is 2. The van der Waals surface area contributed by atoms with Crippen LogP contribution in [-0.4, -0.2) is 29.5 Å². The summed E-state index contributed by atoms with van der Waals surface area (Å²) < 4.78 is 5.46. The first-order valence-corrected chi connectivity index (χ1v) is 5.83. The second-order valence-electron chi connectivity index (χ2n) is 4.17. The predicted molar refractivity (Wildman–Crippen MR) is 65.6 cm³/mol. The normalized spacial score (nSPS) is 10.8. The Morgan fingerprint density at radius 1 is 1.38 bits per heavy atom. The van der Waals surface area contributed by atoms with Crippen LogP contribution in [0.3, 0.4) is 0 Å². The molecule has 1 aromatic heterocycles. The Morgan fingerprint density at radius 2 is 2.19 bits per heavy atom. The first kappa shape index (κ1) is 12.9. The van der Waals surface area contributed by atoms with Crippen LogP contribution >= 0.6 is 0 Å². The number of aryl methyl sites for hydroxylation is 1. The van der Waals surface area contributed by atoms with Crippen LogP contribution < -0.4 is 5.32 Å². The minimum Gasteiger partial charge on any atom is -0.379 e. The smallest absolute Gasteiger partial charge is 0.148 e. The SMILES string of the molecule is Cc1cnnc(NCCCCOC(C)C)c1. The van der Waals surface area contributed by atoms with Crippen molar-refractivity contribution in [1.29, 1.82) is 0 Å². The first-order chi connectivity index (χ1) is 7.68. The lowest BCUT2D eigenvalue weighted by atomic mass is 10.3. The summed E-state index contributed by atoms with van der Waals surface area (Å²) in [5.74, 6) is 0.852. The molecule has 1 aromatic rings. The Morgan fingerprint density at radius 3 is 2.88 bits per heavy atom. The van der Waals surface area contributed by atoms with Gasteiger partial charge in [0.05, 0.1) is 12.3 Å². The van der Waals surface area contributed by atoms with Crippen LogP contribution in [0.25, 0.3) is 0 Å². The number of aromatic nitrogens is 2. The Hall–Kier alpha value is -1.16. The van der Waals surface area contributed by atoms with Gasteiger partial charge in [-0.05, 0) is 45.2 Å². The molecule has 1 heterocycles. The molecule has 0 unspecified atom stereocenters. The lowest BCUT2D eigenvalue weighted by molar-refractivity contribution is 0.0765. The summed E-state index contributed by atoms with van der Waals surface area (Å²) in [6.45, 7) is 7.87. The van der Waals surface area contributed by atoms with Gasteiger partial charge in [-0.25, -0.2) is 0 Å². The van der Waals surface area contributed by atoms with E-state index in [4.69, 9.17) is 4.74 Å². The summed E-state index contributed by atoms with van der Waals surface area (Å²) in [4.78, 5) is 0. The van der Waals surface area contributed by atoms with E-state index in [9.17, 15) is 0 Å². The van der Waals surface area contributed by atoms with Crippen LogP contribution in [0.1, 0.15) is 32.3 Å². The molecule has 0 saturated heterocycles. The van der Waals surface area contributed by atoms with Crippen LogP contribution in [0.5, 0.6) is 0 Å². The van der Waals surface area contributed by atoms with Crippen molar-refractivity contribution in [2.24, 2.45) is 0 Å². The Bertz CT molecular complexity index is 302. The fourth-order valence-electron chi connectivity index (χ4n) is 1.31. The molecule has 1 rings (SSSR count). The molecule has 4 nitrogen and oxygen atoms in total. The predicted octanol–water partition coefficient (Wildman–Crippen LogP) is 2.40. The molecule has 90 valence electrons. The number of nitrogens with one attached hydrogen (secondary N) is 1. The molecule has 0 atom stereocenters. The average molecular weight is 223 g/mol. The van der Waals surface area contributed by atoms with E-state index in [0.717, 1.165) is 37.4 Å². The summed E-state index contributed by atoms with van der Waals surface area (Å²) in [7, 11) is 0. The van der Waals surface area contributed by atoms with Gasteiger partial charge < -0.3 is 10.1 Å². The van der Waals surface area contributed by atoms with Gasteiger partial charge in [0.2, 0.25) is 0 Å². The molecule has 16 heavy (non-hydrogen) atoms. The number of rotatable bonds is 7. The lowest BCUT2D eigenvalue weighted by Crippen LogP contribution is -2.08.